The Hall–Kier alpha value is -1.54. The van der Waals surface area contributed by atoms with Gasteiger partial charge in [0.1, 0.15) is 0 Å². The Bertz CT molecular complexity index is 361. The van der Waals surface area contributed by atoms with E-state index < -0.39 is 11.4 Å². The van der Waals surface area contributed by atoms with E-state index in [2.05, 4.69) is 6.58 Å². The van der Waals surface area contributed by atoms with Gasteiger partial charge in [-0.05, 0) is 39.8 Å². The number of carbonyl (C=O) groups excluding carboxylic acids is 2. The van der Waals surface area contributed by atoms with E-state index in [1.165, 1.54) is 0 Å². The summed E-state index contributed by atoms with van der Waals surface area (Å²) in [6, 6.07) is -0.198. The monoisotopic (exact) mass is 237 g/mol. The predicted molar refractivity (Wildman–Crippen MR) is 64.7 cm³/mol. The van der Waals surface area contributed by atoms with Crippen molar-refractivity contribution in [3.63, 3.8) is 0 Å². The third-order valence-corrected chi connectivity index (χ3v) is 2.75. The lowest BCUT2D eigenvalue weighted by Gasteiger charge is -2.24. The van der Waals surface area contributed by atoms with Crippen LogP contribution in [-0.4, -0.2) is 29.4 Å². The minimum Gasteiger partial charge on any atom is -0.416 e. The van der Waals surface area contributed by atoms with Crippen LogP contribution in [0.2, 0.25) is 0 Å². The Kier molecular flexibility index (Phi) is 4.13. The average molecular weight is 237 g/mol. The van der Waals surface area contributed by atoms with Crippen molar-refractivity contribution in [3.05, 3.63) is 18.5 Å². The smallest absolute Gasteiger partial charge is 0.317 e. The van der Waals surface area contributed by atoms with Gasteiger partial charge in [-0.3, -0.25) is 4.79 Å². The summed E-state index contributed by atoms with van der Waals surface area (Å²) in [5.74, 6) is 1.41. The van der Waals surface area contributed by atoms with Crippen LogP contribution in [0.1, 0.15) is 33.6 Å². The molecule has 1 rings (SSSR count). The number of nitrogens with zero attached hydrogens (tertiary/aromatic N) is 1. The van der Waals surface area contributed by atoms with Crippen molar-refractivity contribution in [1.82, 2.24) is 4.90 Å². The fourth-order valence-electron chi connectivity index (χ4n) is 1.70. The van der Waals surface area contributed by atoms with Crippen LogP contribution >= 0.6 is 0 Å². The second-order valence-electron chi connectivity index (χ2n) is 5.18. The average Bonchev–Trinajstić information content (AvgIpc) is 2.71. The first-order chi connectivity index (χ1) is 7.90. The van der Waals surface area contributed by atoms with Crippen LogP contribution in [0.15, 0.2) is 18.5 Å². The SMILES string of the molecule is C=CN1CCCC1C(=C=O)OC(=O)C(C)(C)C. The van der Waals surface area contributed by atoms with Crippen molar-refractivity contribution < 1.29 is 14.3 Å². The molecular formula is C13H19NO3. The number of ether oxygens (including phenoxy) is 1. The summed E-state index contributed by atoms with van der Waals surface area (Å²) in [6.07, 6.45) is 3.41. The highest BCUT2D eigenvalue weighted by atomic mass is 16.5. The van der Waals surface area contributed by atoms with Crippen LogP contribution in [0.4, 0.5) is 0 Å². The van der Waals surface area contributed by atoms with Gasteiger partial charge in [-0.15, -0.1) is 0 Å². The Morgan fingerprint density at radius 2 is 2.18 bits per heavy atom. The normalized spacial score (nSPS) is 19.7. The Morgan fingerprint density at radius 3 is 2.65 bits per heavy atom. The van der Waals surface area contributed by atoms with Gasteiger partial charge in [-0.25, -0.2) is 4.79 Å². The van der Waals surface area contributed by atoms with Crippen LogP contribution in [0, 0.1) is 5.41 Å². The summed E-state index contributed by atoms with van der Waals surface area (Å²) in [5, 5.41) is 0. The molecule has 0 amide bonds. The number of esters is 1. The van der Waals surface area contributed by atoms with Crippen molar-refractivity contribution >= 4 is 11.9 Å². The van der Waals surface area contributed by atoms with Gasteiger partial charge >= 0.3 is 5.97 Å². The van der Waals surface area contributed by atoms with Gasteiger partial charge in [0.25, 0.3) is 0 Å². The van der Waals surface area contributed by atoms with E-state index in [1.807, 2.05) is 4.90 Å². The summed E-state index contributed by atoms with van der Waals surface area (Å²) in [5.41, 5.74) is -0.625. The van der Waals surface area contributed by atoms with Crippen LogP contribution in [-0.2, 0) is 14.3 Å². The van der Waals surface area contributed by atoms with Gasteiger partial charge in [0.15, 0.2) is 5.94 Å². The van der Waals surface area contributed by atoms with Gasteiger partial charge in [0.2, 0.25) is 5.76 Å². The van der Waals surface area contributed by atoms with E-state index in [0.717, 1.165) is 19.4 Å². The molecule has 0 aromatic carbocycles. The third kappa shape index (κ3) is 3.21. The molecule has 1 saturated heterocycles. The highest BCUT2D eigenvalue weighted by Gasteiger charge is 2.32. The van der Waals surface area contributed by atoms with Crippen molar-refractivity contribution in [3.8, 4) is 0 Å². The maximum Gasteiger partial charge on any atom is 0.317 e. The molecule has 0 radical (unpaired) electrons. The lowest BCUT2D eigenvalue weighted by Crippen LogP contribution is -2.31. The molecular weight excluding hydrogens is 218 g/mol. The maximum absolute atomic E-state index is 11.7. The summed E-state index contributed by atoms with van der Waals surface area (Å²) in [7, 11) is 0. The molecule has 1 unspecified atom stereocenters. The second-order valence-corrected chi connectivity index (χ2v) is 5.18. The Morgan fingerprint density at radius 1 is 1.53 bits per heavy atom. The molecule has 0 aromatic heterocycles. The van der Waals surface area contributed by atoms with Gasteiger partial charge in [-0.1, -0.05) is 6.58 Å². The molecule has 1 fully saturated rings. The molecule has 1 aliphatic rings. The first kappa shape index (κ1) is 13.5. The largest absolute Gasteiger partial charge is 0.416 e. The van der Waals surface area contributed by atoms with Crippen LogP contribution in [0.5, 0.6) is 0 Å². The number of hydrogen-bond acceptors (Lipinski definition) is 4. The number of likely N-dealkylation sites (tertiary alicyclic amines) is 1. The first-order valence-corrected chi connectivity index (χ1v) is 5.75. The van der Waals surface area contributed by atoms with Crippen molar-refractivity contribution in [1.29, 1.82) is 0 Å². The molecule has 0 aromatic rings. The minimum atomic E-state index is -0.625. The zero-order valence-electron chi connectivity index (χ0n) is 10.7. The van der Waals surface area contributed by atoms with Gasteiger partial charge in [0, 0.05) is 6.54 Å². The number of hydrogen-bond donors (Lipinski definition) is 0. The molecule has 94 valence electrons. The van der Waals surface area contributed by atoms with Crippen LogP contribution < -0.4 is 0 Å². The van der Waals surface area contributed by atoms with Gasteiger partial charge < -0.3 is 9.64 Å². The van der Waals surface area contributed by atoms with Crippen LogP contribution in [0.25, 0.3) is 0 Å². The standard InChI is InChI=1S/C13H19NO3/c1-5-14-8-6-7-10(14)11(9-15)17-12(16)13(2,3)4/h5,10H,1,6-8H2,2-4H3. The van der Waals surface area contributed by atoms with E-state index in [-0.39, 0.29) is 11.8 Å². The quantitative estimate of drug-likeness (QED) is 0.427. The molecule has 1 heterocycles. The third-order valence-electron chi connectivity index (χ3n) is 2.75. The molecule has 0 saturated carbocycles. The van der Waals surface area contributed by atoms with E-state index in [9.17, 15) is 9.59 Å². The number of rotatable bonds is 3. The summed E-state index contributed by atoms with van der Waals surface area (Å²) in [6.45, 7) is 9.75. The van der Waals surface area contributed by atoms with E-state index in [0.29, 0.717) is 0 Å². The number of carbonyl (C=O) groups is 1. The van der Waals surface area contributed by atoms with E-state index in [1.54, 1.807) is 32.9 Å². The fourth-order valence-corrected chi connectivity index (χ4v) is 1.70. The van der Waals surface area contributed by atoms with E-state index >= 15 is 0 Å². The molecule has 17 heavy (non-hydrogen) atoms. The molecule has 0 spiro atoms. The topological polar surface area (TPSA) is 46.6 Å². The van der Waals surface area contributed by atoms with Gasteiger partial charge in [0.05, 0.1) is 11.5 Å². The Balaban J connectivity index is 2.77. The van der Waals surface area contributed by atoms with Gasteiger partial charge in [-0.2, -0.15) is 0 Å². The summed E-state index contributed by atoms with van der Waals surface area (Å²) < 4.78 is 5.14. The molecule has 0 bridgehead atoms. The highest BCUT2D eigenvalue weighted by Crippen LogP contribution is 2.25. The fraction of sp³-hybridized carbons (Fsp3) is 0.615. The molecule has 4 heteroatoms. The minimum absolute atomic E-state index is 0.0716. The second kappa shape index (κ2) is 5.19. The molecule has 1 aliphatic heterocycles. The van der Waals surface area contributed by atoms with Crippen LogP contribution in [0.3, 0.4) is 0 Å². The molecule has 0 aliphatic carbocycles. The molecule has 4 nitrogen and oxygen atoms in total. The summed E-state index contributed by atoms with van der Waals surface area (Å²) in [4.78, 5) is 24.5. The molecule has 1 atom stereocenters. The zero-order chi connectivity index (χ0) is 13.1. The lowest BCUT2D eigenvalue weighted by molar-refractivity contribution is -0.149. The van der Waals surface area contributed by atoms with Crippen molar-refractivity contribution in [2.75, 3.05) is 6.54 Å². The first-order valence-electron chi connectivity index (χ1n) is 5.75. The molecule has 0 N–H and O–H groups in total. The highest BCUT2D eigenvalue weighted by molar-refractivity contribution is 5.78. The summed E-state index contributed by atoms with van der Waals surface area (Å²) >= 11 is 0. The zero-order valence-corrected chi connectivity index (χ0v) is 10.7. The van der Waals surface area contributed by atoms with E-state index in [4.69, 9.17) is 4.74 Å². The predicted octanol–water partition coefficient (Wildman–Crippen LogP) is 1.90. The lowest BCUT2D eigenvalue weighted by atomic mass is 9.97. The van der Waals surface area contributed by atoms with Crippen molar-refractivity contribution in [2.45, 2.75) is 39.7 Å². The maximum atomic E-state index is 11.7. The Labute approximate surface area is 102 Å². The van der Waals surface area contributed by atoms with Crippen molar-refractivity contribution in [2.24, 2.45) is 5.41 Å².